The van der Waals surface area contributed by atoms with E-state index in [2.05, 4.69) is 10.3 Å². The standard InChI is InChI=1S/C9H15NO3.C7H9N3O2/c1-9(2,3)13-8(12)10-4-7(5-10)6-11;1-5-7(10(11)12)3-6(8-2)4-9-5/h6-7H,4-5H2,1-3H3;3-4,8H,1-2H3. The highest BCUT2D eigenvalue weighted by Gasteiger charge is 2.33. The minimum atomic E-state index is -0.455. The van der Waals surface area contributed by atoms with Crippen LogP contribution in [0.5, 0.6) is 0 Å². The Bertz CT molecular complexity index is 636. The molecule has 1 amide bonds. The Kier molecular flexibility index (Phi) is 6.84. The maximum atomic E-state index is 11.3. The highest BCUT2D eigenvalue weighted by atomic mass is 16.6. The number of aryl methyl sites for hydroxylation is 1. The number of carbonyl (C=O) groups is 2. The second kappa shape index (κ2) is 8.41. The van der Waals surface area contributed by atoms with E-state index in [-0.39, 0.29) is 17.7 Å². The Hall–Kier alpha value is -2.71. The molecule has 0 radical (unpaired) electrons. The quantitative estimate of drug-likeness (QED) is 0.504. The van der Waals surface area contributed by atoms with Crippen molar-refractivity contribution in [1.29, 1.82) is 0 Å². The first kappa shape index (κ1) is 20.3. The highest BCUT2D eigenvalue weighted by molar-refractivity contribution is 5.71. The van der Waals surface area contributed by atoms with Crippen LogP contribution < -0.4 is 5.32 Å². The number of aldehydes is 1. The van der Waals surface area contributed by atoms with Crippen molar-refractivity contribution in [2.75, 3.05) is 25.5 Å². The van der Waals surface area contributed by atoms with Crippen LogP contribution in [0.2, 0.25) is 0 Å². The zero-order valence-electron chi connectivity index (χ0n) is 15.1. The lowest BCUT2D eigenvalue weighted by atomic mass is 10.0. The Labute approximate surface area is 146 Å². The average Bonchev–Trinajstić information content (AvgIpc) is 2.45. The monoisotopic (exact) mass is 352 g/mol. The molecule has 9 heteroatoms. The van der Waals surface area contributed by atoms with Crippen LogP contribution in [0.3, 0.4) is 0 Å². The summed E-state index contributed by atoms with van der Waals surface area (Å²) >= 11 is 0. The van der Waals surface area contributed by atoms with Crippen LogP contribution in [0, 0.1) is 23.0 Å². The predicted octanol–water partition coefficient (Wildman–Crippen LogP) is 2.39. The van der Waals surface area contributed by atoms with Crippen LogP contribution in [0.1, 0.15) is 26.5 Å². The molecule has 1 aromatic heterocycles. The van der Waals surface area contributed by atoms with Gasteiger partial charge in [0.2, 0.25) is 0 Å². The van der Waals surface area contributed by atoms with Gasteiger partial charge in [0, 0.05) is 26.2 Å². The number of nitro groups is 1. The average molecular weight is 352 g/mol. The Morgan fingerprint density at radius 3 is 2.52 bits per heavy atom. The molecular formula is C16H24N4O5. The summed E-state index contributed by atoms with van der Waals surface area (Å²) < 4.78 is 5.11. The van der Waals surface area contributed by atoms with E-state index in [1.54, 1.807) is 20.2 Å². The molecule has 1 aliphatic heterocycles. The zero-order chi connectivity index (χ0) is 19.2. The molecule has 1 aliphatic rings. The van der Waals surface area contributed by atoms with Crippen LogP contribution in [-0.4, -0.2) is 52.9 Å². The third-order valence-electron chi connectivity index (χ3n) is 3.30. The van der Waals surface area contributed by atoms with Crippen LogP contribution in [0.25, 0.3) is 0 Å². The van der Waals surface area contributed by atoms with E-state index in [1.807, 2.05) is 20.8 Å². The van der Waals surface area contributed by atoms with Crippen LogP contribution in [0.4, 0.5) is 16.2 Å². The van der Waals surface area contributed by atoms with Crippen molar-refractivity contribution in [2.24, 2.45) is 5.92 Å². The number of nitrogens with one attached hydrogen (secondary N) is 1. The number of likely N-dealkylation sites (tertiary alicyclic amines) is 1. The summed E-state index contributed by atoms with van der Waals surface area (Å²) in [5, 5.41) is 13.2. The molecule has 9 nitrogen and oxygen atoms in total. The summed E-state index contributed by atoms with van der Waals surface area (Å²) in [5.74, 6) is 0.00696. The number of nitrogens with zero attached hydrogens (tertiary/aromatic N) is 3. The number of aromatic nitrogens is 1. The molecule has 0 spiro atoms. The van der Waals surface area contributed by atoms with Gasteiger partial charge in [-0.05, 0) is 27.7 Å². The van der Waals surface area contributed by atoms with Gasteiger partial charge in [0.15, 0.2) is 0 Å². The lowest BCUT2D eigenvalue weighted by Crippen LogP contribution is -2.52. The van der Waals surface area contributed by atoms with Gasteiger partial charge in [-0.3, -0.25) is 15.1 Å². The fraction of sp³-hybridized carbons (Fsp3) is 0.562. The summed E-state index contributed by atoms with van der Waals surface area (Å²) in [4.78, 5) is 36.9. The third-order valence-corrected chi connectivity index (χ3v) is 3.30. The Morgan fingerprint density at radius 1 is 1.48 bits per heavy atom. The molecule has 2 heterocycles. The number of amides is 1. The van der Waals surface area contributed by atoms with Crippen molar-refractivity contribution in [2.45, 2.75) is 33.3 Å². The van der Waals surface area contributed by atoms with Crippen molar-refractivity contribution < 1.29 is 19.2 Å². The molecule has 138 valence electrons. The second-order valence-corrected chi connectivity index (χ2v) is 6.62. The molecule has 0 aliphatic carbocycles. The van der Waals surface area contributed by atoms with Crippen molar-refractivity contribution >= 4 is 23.8 Å². The molecule has 0 saturated carbocycles. The van der Waals surface area contributed by atoms with Crippen LogP contribution in [-0.2, 0) is 9.53 Å². The topological polar surface area (TPSA) is 115 Å². The van der Waals surface area contributed by atoms with Gasteiger partial charge in [0.05, 0.1) is 22.7 Å². The van der Waals surface area contributed by atoms with Gasteiger partial charge in [-0.25, -0.2) is 4.79 Å². The van der Waals surface area contributed by atoms with Gasteiger partial charge < -0.3 is 19.7 Å². The number of anilines is 1. The number of ether oxygens (including phenoxy) is 1. The second-order valence-electron chi connectivity index (χ2n) is 6.62. The van der Waals surface area contributed by atoms with Gasteiger partial charge in [-0.15, -0.1) is 0 Å². The van der Waals surface area contributed by atoms with Crippen molar-refractivity contribution in [1.82, 2.24) is 9.88 Å². The van der Waals surface area contributed by atoms with E-state index in [0.29, 0.717) is 24.5 Å². The number of hydrogen-bond acceptors (Lipinski definition) is 7. The number of hydrogen-bond donors (Lipinski definition) is 1. The maximum Gasteiger partial charge on any atom is 0.410 e. The maximum absolute atomic E-state index is 11.3. The first-order valence-corrected chi connectivity index (χ1v) is 7.79. The van der Waals surface area contributed by atoms with Gasteiger partial charge in [-0.1, -0.05) is 0 Å². The predicted molar refractivity (Wildman–Crippen MR) is 92.5 cm³/mol. The largest absolute Gasteiger partial charge is 0.444 e. The molecule has 1 saturated heterocycles. The molecule has 25 heavy (non-hydrogen) atoms. The zero-order valence-corrected chi connectivity index (χ0v) is 15.1. The number of carbonyl (C=O) groups excluding carboxylic acids is 2. The van der Waals surface area contributed by atoms with Crippen LogP contribution in [0.15, 0.2) is 12.3 Å². The van der Waals surface area contributed by atoms with E-state index >= 15 is 0 Å². The van der Waals surface area contributed by atoms with Gasteiger partial charge >= 0.3 is 6.09 Å². The van der Waals surface area contributed by atoms with E-state index in [9.17, 15) is 19.7 Å². The van der Waals surface area contributed by atoms with E-state index in [4.69, 9.17) is 4.74 Å². The normalized spacial score (nSPS) is 13.9. The first-order chi connectivity index (χ1) is 11.6. The van der Waals surface area contributed by atoms with Gasteiger partial charge in [0.1, 0.15) is 17.6 Å². The van der Waals surface area contributed by atoms with Crippen LogP contribution >= 0.6 is 0 Å². The first-order valence-electron chi connectivity index (χ1n) is 7.79. The summed E-state index contributed by atoms with van der Waals surface area (Å²) in [6, 6.07) is 1.46. The highest BCUT2D eigenvalue weighted by Crippen LogP contribution is 2.19. The summed E-state index contributed by atoms with van der Waals surface area (Å²) in [6.07, 6.45) is 2.11. The third kappa shape index (κ3) is 6.36. The fourth-order valence-electron chi connectivity index (χ4n) is 1.92. The minimum absolute atomic E-state index is 0.00696. The smallest absolute Gasteiger partial charge is 0.410 e. The van der Waals surface area contributed by atoms with Gasteiger partial charge in [-0.2, -0.15) is 0 Å². The molecule has 2 rings (SSSR count). The number of rotatable bonds is 3. The number of pyridine rings is 1. The van der Waals surface area contributed by atoms with Crippen molar-refractivity contribution in [3.8, 4) is 0 Å². The molecule has 0 unspecified atom stereocenters. The van der Waals surface area contributed by atoms with E-state index in [0.717, 1.165) is 6.29 Å². The summed E-state index contributed by atoms with van der Waals surface area (Å²) in [5.41, 5.74) is 0.664. The summed E-state index contributed by atoms with van der Waals surface area (Å²) in [6.45, 7) is 8.07. The Balaban J connectivity index is 0.000000251. The molecule has 0 atom stereocenters. The van der Waals surface area contributed by atoms with E-state index < -0.39 is 10.5 Å². The molecule has 0 aromatic carbocycles. The molecule has 1 fully saturated rings. The lowest BCUT2D eigenvalue weighted by molar-refractivity contribution is -0.385. The minimum Gasteiger partial charge on any atom is -0.444 e. The molecule has 1 aromatic rings. The van der Waals surface area contributed by atoms with Crippen molar-refractivity contribution in [3.05, 3.63) is 28.1 Å². The molecular weight excluding hydrogens is 328 g/mol. The Morgan fingerprint density at radius 2 is 2.08 bits per heavy atom. The summed E-state index contributed by atoms with van der Waals surface area (Å²) in [7, 11) is 1.69. The van der Waals surface area contributed by atoms with Gasteiger partial charge in [0.25, 0.3) is 5.69 Å². The lowest BCUT2D eigenvalue weighted by Gasteiger charge is -2.36. The van der Waals surface area contributed by atoms with E-state index in [1.165, 1.54) is 11.0 Å². The molecule has 0 bridgehead atoms. The molecule has 1 N–H and O–H groups in total. The SMILES string of the molecule is CC(C)(C)OC(=O)N1CC(C=O)C1.CNc1cnc(C)c([N+](=O)[O-])c1. The van der Waals surface area contributed by atoms with Crippen molar-refractivity contribution in [3.63, 3.8) is 0 Å². The fourth-order valence-corrected chi connectivity index (χ4v) is 1.92.